The summed E-state index contributed by atoms with van der Waals surface area (Å²) < 4.78 is 2.62. The van der Waals surface area contributed by atoms with E-state index in [0.717, 1.165) is 24.9 Å². The first kappa shape index (κ1) is 14.7. The van der Waals surface area contributed by atoms with Gasteiger partial charge in [0.1, 0.15) is 6.54 Å². The minimum atomic E-state index is -0.309. The molecule has 0 atom stereocenters. The number of nitrogens with zero attached hydrogens (tertiary/aromatic N) is 3. The smallest absolute Gasteiger partial charge is 0.324 e. The Morgan fingerprint density at radius 1 is 1.12 bits per heavy atom. The van der Waals surface area contributed by atoms with Gasteiger partial charge in [-0.15, -0.1) is 5.10 Å². The van der Waals surface area contributed by atoms with Gasteiger partial charge in [-0.25, -0.2) is 9.48 Å². The number of nitrogens with one attached hydrogen (secondary N) is 1. The van der Waals surface area contributed by atoms with Crippen LogP contribution in [0, 0.1) is 0 Å². The fraction of sp³-hybridized carbons (Fsp3) is 0.278. The van der Waals surface area contributed by atoms with Crippen LogP contribution in [0.3, 0.4) is 0 Å². The van der Waals surface area contributed by atoms with E-state index in [-0.39, 0.29) is 18.1 Å². The van der Waals surface area contributed by atoms with Gasteiger partial charge in [0.15, 0.2) is 5.65 Å². The van der Waals surface area contributed by atoms with Gasteiger partial charge in [-0.2, -0.15) is 0 Å². The molecule has 6 nitrogen and oxygen atoms in total. The molecule has 0 fully saturated rings. The minimum Gasteiger partial charge on any atom is -0.324 e. The lowest BCUT2D eigenvalue weighted by Gasteiger charge is -2.19. The molecule has 3 aromatic rings. The Morgan fingerprint density at radius 2 is 2.00 bits per heavy atom. The van der Waals surface area contributed by atoms with Gasteiger partial charge in [0.2, 0.25) is 5.91 Å². The first-order valence-electron chi connectivity index (χ1n) is 8.17. The van der Waals surface area contributed by atoms with Crippen LogP contribution in [0.2, 0.25) is 0 Å². The molecule has 1 aliphatic carbocycles. The Labute approximate surface area is 138 Å². The Morgan fingerprint density at radius 3 is 2.88 bits per heavy atom. The molecule has 0 saturated heterocycles. The molecule has 1 N–H and O–H groups in total. The van der Waals surface area contributed by atoms with E-state index in [9.17, 15) is 9.59 Å². The van der Waals surface area contributed by atoms with Gasteiger partial charge < -0.3 is 5.32 Å². The van der Waals surface area contributed by atoms with Gasteiger partial charge in [-0.3, -0.25) is 9.20 Å². The van der Waals surface area contributed by atoms with Gasteiger partial charge in [0.05, 0.1) is 0 Å². The van der Waals surface area contributed by atoms with E-state index in [0.29, 0.717) is 5.65 Å². The second kappa shape index (κ2) is 5.96. The van der Waals surface area contributed by atoms with E-state index < -0.39 is 0 Å². The SMILES string of the molecule is O=C(Cn1nc2ccccn2c1=O)Nc1cccc2c1CCCC2. The second-order valence-corrected chi connectivity index (χ2v) is 6.07. The summed E-state index contributed by atoms with van der Waals surface area (Å²) in [6.07, 6.45) is 6.03. The average Bonchev–Trinajstić information content (AvgIpc) is 2.91. The van der Waals surface area contributed by atoms with Gasteiger partial charge >= 0.3 is 5.69 Å². The first-order valence-corrected chi connectivity index (χ1v) is 8.17. The van der Waals surface area contributed by atoms with E-state index in [1.807, 2.05) is 18.2 Å². The molecular formula is C18H18N4O2. The number of aromatic nitrogens is 3. The third-order valence-corrected chi connectivity index (χ3v) is 4.45. The molecule has 122 valence electrons. The Bertz CT molecular complexity index is 971. The average molecular weight is 322 g/mol. The monoisotopic (exact) mass is 322 g/mol. The van der Waals surface area contributed by atoms with Crippen LogP contribution in [-0.4, -0.2) is 20.1 Å². The molecule has 0 unspecified atom stereocenters. The van der Waals surface area contributed by atoms with Crippen molar-refractivity contribution in [1.29, 1.82) is 0 Å². The number of benzene rings is 1. The molecule has 24 heavy (non-hydrogen) atoms. The predicted molar refractivity (Wildman–Crippen MR) is 91.2 cm³/mol. The van der Waals surface area contributed by atoms with Crippen LogP contribution in [-0.2, 0) is 24.2 Å². The first-order chi connectivity index (χ1) is 11.7. The van der Waals surface area contributed by atoms with E-state index in [2.05, 4.69) is 16.5 Å². The summed E-state index contributed by atoms with van der Waals surface area (Å²) in [7, 11) is 0. The topological polar surface area (TPSA) is 68.4 Å². The molecule has 0 bridgehead atoms. The number of rotatable bonds is 3. The van der Waals surface area contributed by atoms with E-state index in [1.54, 1.807) is 18.3 Å². The van der Waals surface area contributed by atoms with E-state index in [1.165, 1.54) is 26.6 Å². The van der Waals surface area contributed by atoms with Crippen molar-refractivity contribution in [3.8, 4) is 0 Å². The maximum Gasteiger partial charge on any atom is 0.350 e. The third kappa shape index (κ3) is 2.60. The van der Waals surface area contributed by atoms with Crippen molar-refractivity contribution in [3.05, 3.63) is 64.2 Å². The molecule has 2 aromatic heterocycles. The lowest BCUT2D eigenvalue weighted by molar-refractivity contribution is -0.117. The maximum atomic E-state index is 12.4. The molecule has 6 heteroatoms. The number of hydrogen-bond donors (Lipinski definition) is 1. The van der Waals surface area contributed by atoms with Crippen molar-refractivity contribution >= 4 is 17.2 Å². The summed E-state index contributed by atoms with van der Waals surface area (Å²) in [5.41, 5.74) is 3.61. The number of carbonyl (C=O) groups is 1. The molecule has 1 amide bonds. The van der Waals surface area contributed by atoms with Crippen LogP contribution in [0.1, 0.15) is 24.0 Å². The highest BCUT2D eigenvalue weighted by atomic mass is 16.2. The highest BCUT2D eigenvalue weighted by Crippen LogP contribution is 2.27. The number of amides is 1. The predicted octanol–water partition coefficient (Wildman–Crippen LogP) is 2.01. The normalized spacial score (nSPS) is 13.7. The maximum absolute atomic E-state index is 12.4. The molecule has 0 aliphatic heterocycles. The quantitative estimate of drug-likeness (QED) is 0.802. The number of aryl methyl sites for hydroxylation is 1. The summed E-state index contributed by atoms with van der Waals surface area (Å²) in [5.74, 6) is -0.237. The van der Waals surface area contributed by atoms with Crippen LogP contribution in [0.15, 0.2) is 47.4 Å². The number of fused-ring (bicyclic) bond motifs is 2. The summed E-state index contributed by atoms with van der Waals surface area (Å²) in [5, 5.41) is 7.13. The molecule has 1 aromatic carbocycles. The van der Waals surface area contributed by atoms with Crippen LogP contribution in [0.4, 0.5) is 5.69 Å². The van der Waals surface area contributed by atoms with Crippen molar-refractivity contribution in [3.63, 3.8) is 0 Å². The van der Waals surface area contributed by atoms with Crippen molar-refractivity contribution in [2.75, 3.05) is 5.32 Å². The van der Waals surface area contributed by atoms with E-state index >= 15 is 0 Å². The zero-order chi connectivity index (χ0) is 16.5. The summed E-state index contributed by atoms with van der Waals surface area (Å²) >= 11 is 0. The lowest BCUT2D eigenvalue weighted by Crippen LogP contribution is -2.28. The fourth-order valence-corrected chi connectivity index (χ4v) is 3.30. The molecule has 0 radical (unpaired) electrons. The second-order valence-electron chi connectivity index (χ2n) is 6.07. The van der Waals surface area contributed by atoms with E-state index in [4.69, 9.17) is 0 Å². The number of carbonyl (C=O) groups excluding carboxylic acids is 1. The van der Waals surface area contributed by atoms with Gasteiger partial charge in [0.25, 0.3) is 0 Å². The summed E-state index contributed by atoms with van der Waals surface area (Å²) in [6.45, 7) is -0.0931. The highest BCUT2D eigenvalue weighted by molar-refractivity contribution is 5.91. The number of hydrogen-bond acceptors (Lipinski definition) is 3. The van der Waals surface area contributed by atoms with Crippen LogP contribution >= 0.6 is 0 Å². The molecule has 0 saturated carbocycles. The molecule has 1 aliphatic rings. The molecule has 4 rings (SSSR count). The van der Waals surface area contributed by atoms with Crippen LogP contribution in [0.5, 0.6) is 0 Å². The largest absolute Gasteiger partial charge is 0.350 e. The van der Waals surface area contributed by atoms with Gasteiger partial charge in [-0.05, 0) is 55.0 Å². The van der Waals surface area contributed by atoms with Crippen LogP contribution in [0.25, 0.3) is 5.65 Å². The van der Waals surface area contributed by atoms with Crippen LogP contribution < -0.4 is 11.0 Å². The van der Waals surface area contributed by atoms with Crippen molar-refractivity contribution in [1.82, 2.24) is 14.2 Å². The Kier molecular flexibility index (Phi) is 3.65. The molecular weight excluding hydrogens is 304 g/mol. The number of pyridine rings is 1. The summed E-state index contributed by atoms with van der Waals surface area (Å²) in [6, 6.07) is 11.3. The van der Waals surface area contributed by atoms with Crippen molar-refractivity contribution in [2.45, 2.75) is 32.2 Å². The molecule has 2 heterocycles. The van der Waals surface area contributed by atoms with Gasteiger partial charge in [0, 0.05) is 11.9 Å². The third-order valence-electron chi connectivity index (χ3n) is 4.45. The zero-order valence-electron chi connectivity index (χ0n) is 13.2. The molecule has 0 spiro atoms. The van der Waals surface area contributed by atoms with Crippen molar-refractivity contribution in [2.24, 2.45) is 0 Å². The fourth-order valence-electron chi connectivity index (χ4n) is 3.30. The Balaban J connectivity index is 1.57. The minimum absolute atomic E-state index is 0.0931. The Hall–Kier alpha value is -2.89. The summed E-state index contributed by atoms with van der Waals surface area (Å²) in [4.78, 5) is 24.6. The number of anilines is 1. The standard InChI is InChI=1S/C18H18N4O2/c23-17(12-22-18(24)21-11-4-3-10-16(21)20-22)19-15-9-5-7-13-6-1-2-8-14(13)15/h3-5,7,9-11H,1-2,6,8,12H2,(H,19,23). The highest BCUT2D eigenvalue weighted by Gasteiger charge is 2.16. The van der Waals surface area contributed by atoms with Gasteiger partial charge in [-0.1, -0.05) is 18.2 Å². The zero-order valence-corrected chi connectivity index (χ0v) is 13.2. The van der Waals surface area contributed by atoms with Crippen molar-refractivity contribution < 1.29 is 4.79 Å². The lowest BCUT2D eigenvalue weighted by atomic mass is 9.90.